The highest BCUT2D eigenvalue weighted by Gasteiger charge is 2.14. The molecule has 2 aromatic rings. The molecular formula is C22H26O3. The van der Waals surface area contributed by atoms with Crippen LogP contribution in [0.5, 0.6) is 5.75 Å². The quantitative estimate of drug-likeness (QED) is 0.858. The molecule has 2 aromatic carbocycles. The van der Waals surface area contributed by atoms with Crippen molar-refractivity contribution in [3.63, 3.8) is 0 Å². The van der Waals surface area contributed by atoms with E-state index in [1.165, 1.54) is 48.8 Å². The first-order chi connectivity index (χ1) is 12.1. The van der Waals surface area contributed by atoms with Crippen molar-refractivity contribution in [1.29, 1.82) is 0 Å². The molecule has 25 heavy (non-hydrogen) atoms. The van der Waals surface area contributed by atoms with Crippen molar-refractivity contribution in [2.75, 3.05) is 0 Å². The predicted octanol–water partition coefficient (Wildman–Crippen LogP) is 4.95. The molecule has 132 valence electrons. The van der Waals surface area contributed by atoms with Crippen molar-refractivity contribution in [2.24, 2.45) is 0 Å². The highest BCUT2D eigenvalue weighted by Crippen LogP contribution is 2.32. The highest BCUT2D eigenvalue weighted by atomic mass is 16.3. The van der Waals surface area contributed by atoms with Crippen molar-refractivity contribution in [3.8, 4) is 5.75 Å². The third-order valence-electron chi connectivity index (χ3n) is 5.03. The Morgan fingerprint density at radius 3 is 2.08 bits per heavy atom. The Bertz CT molecular complexity index is 692. The SMILES string of the molecule is Cc1ccc(CCc2ccc(C3CCCCC3)cc2)cc1O.O=C=O. The Balaban J connectivity index is 0.000000701. The van der Waals surface area contributed by atoms with Gasteiger partial charge in [-0.1, -0.05) is 55.7 Å². The number of aromatic hydroxyl groups is 1. The van der Waals surface area contributed by atoms with Crippen LogP contribution in [0.2, 0.25) is 0 Å². The molecule has 1 N–H and O–H groups in total. The van der Waals surface area contributed by atoms with E-state index >= 15 is 0 Å². The van der Waals surface area contributed by atoms with Crippen LogP contribution in [0, 0.1) is 6.92 Å². The van der Waals surface area contributed by atoms with Gasteiger partial charge in [-0.2, -0.15) is 9.59 Å². The van der Waals surface area contributed by atoms with E-state index < -0.39 is 0 Å². The molecule has 0 unspecified atom stereocenters. The molecule has 0 spiro atoms. The summed E-state index contributed by atoms with van der Waals surface area (Å²) in [6.07, 6.45) is 9.19. The number of aryl methyl sites for hydroxylation is 3. The molecule has 1 saturated carbocycles. The molecule has 0 radical (unpaired) electrons. The van der Waals surface area contributed by atoms with Crippen LogP contribution < -0.4 is 0 Å². The number of hydrogen-bond donors (Lipinski definition) is 1. The smallest absolute Gasteiger partial charge is 0.373 e. The van der Waals surface area contributed by atoms with Gasteiger partial charge in [-0.3, -0.25) is 0 Å². The van der Waals surface area contributed by atoms with Crippen LogP contribution in [0.1, 0.15) is 60.3 Å². The van der Waals surface area contributed by atoms with E-state index in [4.69, 9.17) is 9.59 Å². The third kappa shape index (κ3) is 5.88. The van der Waals surface area contributed by atoms with E-state index in [0.717, 1.165) is 24.3 Å². The molecule has 1 aliphatic rings. The summed E-state index contributed by atoms with van der Waals surface area (Å²) in [6.45, 7) is 1.93. The predicted molar refractivity (Wildman–Crippen MR) is 97.5 cm³/mol. The molecule has 0 aliphatic heterocycles. The fraction of sp³-hybridized carbons (Fsp3) is 0.409. The van der Waals surface area contributed by atoms with Crippen molar-refractivity contribution >= 4 is 6.15 Å². The van der Waals surface area contributed by atoms with Crippen LogP contribution >= 0.6 is 0 Å². The topological polar surface area (TPSA) is 54.4 Å². The van der Waals surface area contributed by atoms with Gasteiger partial charge < -0.3 is 5.11 Å². The summed E-state index contributed by atoms with van der Waals surface area (Å²) < 4.78 is 0. The summed E-state index contributed by atoms with van der Waals surface area (Å²) in [6, 6.07) is 15.2. The average molecular weight is 338 g/mol. The molecule has 1 fully saturated rings. The van der Waals surface area contributed by atoms with Crippen LogP contribution in [0.4, 0.5) is 0 Å². The maximum atomic E-state index is 9.78. The summed E-state index contributed by atoms with van der Waals surface area (Å²) in [5, 5.41) is 9.78. The summed E-state index contributed by atoms with van der Waals surface area (Å²) >= 11 is 0. The zero-order valence-corrected chi connectivity index (χ0v) is 14.8. The molecule has 3 nitrogen and oxygen atoms in total. The molecule has 0 amide bonds. The molecule has 3 rings (SSSR count). The fourth-order valence-electron chi connectivity index (χ4n) is 3.49. The van der Waals surface area contributed by atoms with Gasteiger partial charge in [0.2, 0.25) is 0 Å². The number of benzene rings is 2. The van der Waals surface area contributed by atoms with E-state index in [0.29, 0.717) is 5.75 Å². The summed E-state index contributed by atoms with van der Waals surface area (Å²) in [5.41, 5.74) is 5.07. The van der Waals surface area contributed by atoms with E-state index in [9.17, 15) is 5.11 Å². The van der Waals surface area contributed by atoms with Gasteiger partial charge in [-0.15, -0.1) is 0 Å². The maximum Gasteiger partial charge on any atom is 0.373 e. The lowest BCUT2D eigenvalue weighted by Gasteiger charge is -2.22. The average Bonchev–Trinajstić information content (AvgIpc) is 2.64. The minimum atomic E-state index is 0.250. The van der Waals surface area contributed by atoms with Gasteiger partial charge >= 0.3 is 6.15 Å². The van der Waals surface area contributed by atoms with Gasteiger partial charge in [0.05, 0.1) is 0 Å². The largest absolute Gasteiger partial charge is 0.508 e. The molecule has 0 heterocycles. The summed E-state index contributed by atoms with van der Waals surface area (Å²) in [7, 11) is 0. The highest BCUT2D eigenvalue weighted by molar-refractivity contribution is 5.36. The molecular weight excluding hydrogens is 312 g/mol. The first-order valence-electron chi connectivity index (χ1n) is 9.00. The first kappa shape index (κ1) is 19.0. The van der Waals surface area contributed by atoms with Gasteiger partial charge in [0.15, 0.2) is 0 Å². The molecule has 0 atom stereocenters. The summed E-state index contributed by atoms with van der Waals surface area (Å²) in [4.78, 5) is 16.2. The van der Waals surface area contributed by atoms with E-state index in [1.807, 2.05) is 19.1 Å². The monoisotopic (exact) mass is 338 g/mol. The van der Waals surface area contributed by atoms with Crippen LogP contribution in [-0.2, 0) is 22.4 Å². The normalized spacial score (nSPS) is 14.3. The number of carbonyl (C=O) groups excluding carboxylic acids is 2. The Morgan fingerprint density at radius 1 is 0.920 bits per heavy atom. The lowest BCUT2D eigenvalue weighted by Crippen LogP contribution is -2.04. The second kappa shape index (κ2) is 9.80. The zero-order chi connectivity index (χ0) is 18.1. The van der Waals surface area contributed by atoms with E-state index in [-0.39, 0.29) is 6.15 Å². The Morgan fingerprint density at radius 2 is 1.48 bits per heavy atom. The Labute approximate surface area is 149 Å². The molecule has 1 aliphatic carbocycles. The molecule has 0 aromatic heterocycles. The molecule has 3 heteroatoms. The van der Waals surface area contributed by atoms with Gasteiger partial charge in [0, 0.05) is 0 Å². The van der Waals surface area contributed by atoms with Crippen molar-refractivity contribution in [2.45, 2.75) is 57.8 Å². The minimum Gasteiger partial charge on any atom is -0.508 e. The second-order valence-electron chi connectivity index (χ2n) is 6.78. The maximum absolute atomic E-state index is 9.78. The number of phenolic OH excluding ortho intramolecular Hbond substituents is 1. The Hall–Kier alpha value is -2.38. The third-order valence-corrected chi connectivity index (χ3v) is 5.03. The molecule has 0 saturated heterocycles. The van der Waals surface area contributed by atoms with Gasteiger partial charge in [-0.25, -0.2) is 0 Å². The van der Waals surface area contributed by atoms with Gasteiger partial charge in [0.1, 0.15) is 5.75 Å². The second-order valence-corrected chi connectivity index (χ2v) is 6.78. The van der Waals surface area contributed by atoms with Crippen molar-refractivity contribution in [1.82, 2.24) is 0 Å². The van der Waals surface area contributed by atoms with Gasteiger partial charge in [-0.05, 0) is 66.8 Å². The Kier molecular flexibility index (Phi) is 7.43. The van der Waals surface area contributed by atoms with Crippen molar-refractivity contribution in [3.05, 3.63) is 64.7 Å². The van der Waals surface area contributed by atoms with E-state index in [1.54, 1.807) is 0 Å². The number of rotatable bonds is 4. The fourth-order valence-corrected chi connectivity index (χ4v) is 3.49. The standard InChI is InChI=1S/C21H26O.CO2/c1-16-7-8-18(15-21(16)22)10-9-17-11-13-20(14-12-17)19-5-3-2-4-6-19;2-1-3/h7-8,11-15,19,22H,2-6,9-10H2,1H3;. The lowest BCUT2D eigenvalue weighted by molar-refractivity contribution is -0.191. The zero-order valence-electron chi connectivity index (χ0n) is 14.8. The lowest BCUT2D eigenvalue weighted by atomic mass is 9.84. The summed E-state index contributed by atoms with van der Waals surface area (Å²) in [5.74, 6) is 1.20. The van der Waals surface area contributed by atoms with Crippen LogP contribution in [0.15, 0.2) is 42.5 Å². The van der Waals surface area contributed by atoms with Gasteiger partial charge in [0.25, 0.3) is 0 Å². The van der Waals surface area contributed by atoms with Crippen molar-refractivity contribution < 1.29 is 14.7 Å². The number of phenols is 1. The van der Waals surface area contributed by atoms with Crippen LogP contribution in [-0.4, -0.2) is 11.3 Å². The minimum absolute atomic E-state index is 0.250. The number of hydrogen-bond acceptors (Lipinski definition) is 3. The van der Waals surface area contributed by atoms with Crippen LogP contribution in [0.3, 0.4) is 0 Å². The first-order valence-corrected chi connectivity index (χ1v) is 9.00. The van der Waals surface area contributed by atoms with Crippen LogP contribution in [0.25, 0.3) is 0 Å². The molecule has 0 bridgehead atoms. The van der Waals surface area contributed by atoms with E-state index in [2.05, 4.69) is 30.3 Å².